The van der Waals surface area contributed by atoms with Gasteiger partial charge in [-0.1, -0.05) is 54.4 Å². The number of nitrogens with one attached hydrogen (secondary N) is 1. The van der Waals surface area contributed by atoms with Gasteiger partial charge in [0.2, 0.25) is 11.8 Å². The quantitative estimate of drug-likeness (QED) is 0.464. The number of amides is 2. The third-order valence-corrected chi connectivity index (χ3v) is 6.57. The van der Waals surface area contributed by atoms with Crippen LogP contribution in [-0.4, -0.2) is 45.4 Å². The van der Waals surface area contributed by atoms with Gasteiger partial charge in [-0.15, -0.1) is 0 Å². The van der Waals surface area contributed by atoms with E-state index in [0.29, 0.717) is 35.4 Å². The van der Waals surface area contributed by atoms with Gasteiger partial charge in [-0.25, -0.2) is 4.99 Å². The third kappa shape index (κ3) is 6.56. The summed E-state index contributed by atoms with van der Waals surface area (Å²) >= 11 is 13.3. The zero-order valence-electron chi connectivity index (χ0n) is 18.3. The standard InChI is InChI=1S/C23H25Cl2N3O4S/c1-3-5-9-28-20(29)13-19(22(31)26-14-7-6-8-16(10-14)32-4-2)33-23(28)27-15-11-17(24)21(30)18(25)12-15/h6-8,10-12,19,30H,3-5,9,13H2,1-2H3,(H,26,31)/t19-/m0/s1. The van der Waals surface area contributed by atoms with Gasteiger partial charge in [0.05, 0.1) is 22.3 Å². The zero-order chi connectivity index (χ0) is 24.0. The van der Waals surface area contributed by atoms with E-state index in [1.54, 1.807) is 23.1 Å². The Hall–Kier alpha value is -2.42. The number of nitrogens with zero attached hydrogens (tertiary/aromatic N) is 2. The molecule has 33 heavy (non-hydrogen) atoms. The molecule has 2 amide bonds. The van der Waals surface area contributed by atoms with Crippen LogP contribution in [0.5, 0.6) is 11.5 Å². The average molecular weight is 510 g/mol. The van der Waals surface area contributed by atoms with Crippen molar-refractivity contribution in [3.05, 3.63) is 46.4 Å². The van der Waals surface area contributed by atoms with E-state index in [-0.39, 0.29) is 34.0 Å². The van der Waals surface area contributed by atoms with E-state index in [0.717, 1.165) is 12.8 Å². The number of hydrogen-bond acceptors (Lipinski definition) is 6. The highest BCUT2D eigenvalue weighted by Crippen LogP contribution is 2.37. The number of phenols is 1. The minimum atomic E-state index is -0.659. The Bertz CT molecular complexity index is 1040. The van der Waals surface area contributed by atoms with E-state index in [4.69, 9.17) is 27.9 Å². The Labute approximate surface area is 207 Å². The molecule has 2 N–H and O–H groups in total. The third-order valence-electron chi connectivity index (χ3n) is 4.81. The maximum Gasteiger partial charge on any atom is 0.238 e. The van der Waals surface area contributed by atoms with Crippen molar-refractivity contribution in [1.29, 1.82) is 0 Å². The van der Waals surface area contributed by atoms with Gasteiger partial charge in [0.1, 0.15) is 11.0 Å². The van der Waals surface area contributed by atoms with Crippen LogP contribution in [0.1, 0.15) is 33.1 Å². The fraction of sp³-hybridized carbons (Fsp3) is 0.348. The molecule has 0 unspecified atom stereocenters. The second kappa shape index (κ2) is 11.6. The van der Waals surface area contributed by atoms with Crippen molar-refractivity contribution >= 4 is 63.3 Å². The normalized spacial score (nSPS) is 17.3. The number of rotatable bonds is 8. The number of unbranched alkanes of at least 4 members (excludes halogenated alkanes) is 1. The molecule has 1 fully saturated rings. The Kier molecular flexibility index (Phi) is 8.88. The molecule has 2 aromatic rings. The minimum Gasteiger partial charge on any atom is -0.505 e. The van der Waals surface area contributed by atoms with Crippen LogP contribution in [0.25, 0.3) is 0 Å². The lowest BCUT2D eigenvalue weighted by atomic mass is 10.2. The molecular formula is C23H25Cl2N3O4S. The first-order chi connectivity index (χ1) is 15.8. The number of carbonyl (C=O) groups is 2. The first-order valence-corrected chi connectivity index (χ1v) is 12.2. The molecule has 0 radical (unpaired) electrons. The summed E-state index contributed by atoms with van der Waals surface area (Å²) in [7, 11) is 0. The first kappa shape index (κ1) is 25.2. The number of aliphatic imine (C=N–C) groups is 1. The molecule has 1 heterocycles. The summed E-state index contributed by atoms with van der Waals surface area (Å²) < 4.78 is 5.48. The molecule has 1 aliphatic heterocycles. The van der Waals surface area contributed by atoms with Crippen molar-refractivity contribution in [2.45, 2.75) is 38.4 Å². The van der Waals surface area contributed by atoms with E-state index in [2.05, 4.69) is 10.3 Å². The van der Waals surface area contributed by atoms with E-state index in [9.17, 15) is 14.7 Å². The Balaban J connectivity index is 1.85. The highest BCUT2D eigenvalue weighted by atomic mass is 35.5. The van der Waals surface area contributed by atoms with Crippen LogP contribution in [0.2, 0.25) is 10.0 Å². The number of thioether (sulfide) groups is 1. The van der Waals surface area contributed by atoms with Crippen molar-refractivity contribution in [2.24, 2.45) is 4.99 Å². The van der Waals surface area contributed by atoms with Gasteiger partial charge >= 0.3 is 0 Å². The highest BCUT2D eigenvalue weighted by Gasteiger charge is 2.35. The van der Waals surface area contributed by atoms with Crippen molar-refractivity contribution in [3.8, 4) is 11.5 Å². The largest absolute Gasteiger partial charge is 0.505 e. The molecule has 3 rings (SSSR count). The molecule has 0 spiro atoms. The fourth-order valence-electron chi connectivity index (χ4n) is 3.16. The summed E-state index contributed by atoms with van der Waals surface area (Å²) in [5.41, 5.74) is 0.966. The summed E-state index contributed by atoms with van der Waals surface area (Å²) in [4.78, 5) is 32.0. The summed E-state index contributed by atoms with van der Waals surface area (Å²) in [6.07, 6.45) is 1.75. The molecule has 1 aliphatic rings. The maximum absolute atomic E-state index is 13.0. The van der Waals surface area contributed by atoms with Gasteiger partial charge < -0.3 is 15.2 Å². The Morgan fingerprint density at radius 2 is 2.00 bits per heavy atom. The lowest BCUT2D eigenvalue weighted by molar-refractivity contribution is -0.129. The van der Waals surface area contributed by atoms with Crippen LogP contribution in [-0.2, 0) is 9.59 Å². The van der Waals surface area contributed by atoms with Crippen LogP contribution < -0.4 is 10.1 Å². The molecule has 0 aliphatic carbocycles. The van der Waals surface area contributed by atoms with Gasteiger partial charge in [0.15, 0.2) is 10.9 Å². The molecule has 176 valence electrons. The lowest BCUT2D eigenvalue weighted by Crippen LogP contribution is -2.45. The van der Waals surface area contributed by atoms with Crippen molar-refractivity contribution < 1.29 is 19.4 Å². The van der Waals surface area contributed by atoms with Crippen LogP contribution in [0, 0.1) is 0 Å². The fourth-order valence-corrected chi connectivity index (χ4v) is 4.76. The molecule has 2 aromatic carbocycles. The van der Waals surface area contributed by atoms with Gasteiger partial charge in [-0.05, 0) is 37.6 Å². The highest BCUT2D eigenvalue weighted by molar-refractivity contribution is 8.15. The van der Waals surface area contributed by atoms with Gasteiger partial charge in [-0.2, -0.15) is 0 Å². The van der Waals surface area contributed by atoms with Crippen molar-refractivity contribution in [2.75, 3.05) is 18.5 Å². The van der Waals surface area contributed by atoms with Gasteiger partial charge in [0.25, 0.3) is 0 Å². The monoisotopic (exact) mass is 509 g/mol. The smallest absolute Gasteiger partial charge is 0.238 e. The SMILES string of the molecule is CCCCN1C(=O)C[C@@H](C(=O)Nc2cccc(OCC)c2)SC1=Nc1cc(Cl)c(O)c(Cl)c1. The van der Waals surface area contributed by atoms with Crippen LogP contribution in [0.4, 0.5) is 11.4 Å². The van der Waals surface area contributed by atoms with Gasteiger partial charge in [-0.3, -0.25) is 14.5 Å². The number of ether oxygens (including phenoxy) is 1. The van der Waals surface area contributed by atoms with E-state index in [1.807, 2.05) is 19.9 Å². The predicted octanol–water partition coefficient (Wildman–Crippen LogP) is 5.86. The summed E-state index contributed by atoms with van der Waals surface area (Å²) in [5.74, 6) is -0.0625. The molecule has 0 saturated carbocycles. The molecule has 7 nitrogen and oxygen atoms in total. The molecule has 10 heteroatoms. The lowest BCUT2D eigenvalue weighted by Gasteiger charge is -2.31. The second-order valence-electron chi connectivity index (χ2n) is 7.31. The Morgan fingerprint density at radius 3 is 2.67 bits per heavy atom. The maximum atomic E-state index is 13.0. The summed E-state index contributed by atoms with van der Waals surface area (Å²) in [5, 5.41) is 12.5. The van der Waals surface area contributed by atoms with E-state index < -0.39 is 5.25 Å². The molecule has 0 aromatic heterocycles. The predicted molar refractivity (Wildman–Crippen MR) is 134 cm³/mol. The number of amidine groups is 1. The molecule has 1 saturated heterocycles. The second-order valence-corrected chi connectivity index (χ2v) is 9.30. The summed E-state index contributed by atoms with van der Waals surface area (Å²) in [6.45, 7) is 4.92. The van der Waals surface area contributed by atoms with E-state index in [1.165, 1.54) is 23.9 Å². The van der Waals surface area contributed by atoms with Crippen molar-refractivity contribution in [3.63, 3.8) is 0 Å². The zero-order valence-corrected chi connectivity index (χ0v) is 20.6. The van der Waals surface area contributed by atoms with Crippen LogP contribution in [0.15, 0.2) is 41.4 Å². The summed E-state index contributed by atoms with van der Waals surface area (Å²) in [6, 6.07) is 10.0. The van der Waals surface area contributed by atoms with Crippen LogP contribution in [0.3, 0.4) is 0 Å². The molecule has 1 atom stereocenters. The first-order valence-electron chi connectivity index (χ1n) is 10.6. The molecular weight excluding hydrogens is 485 g/mol. The van der Waals surface area contributed by atoms with Crippen LogP contribution >= 0.6 is 35.0 Å². The minimum absolute atomic E-state index is 0.0533. The number of carbonyl (C=O) groups excluding carboxylic acids is 2. The number of phenolic OH excluding ortho intramolecular Hbond substituents is 1. The average Bonchev–Trinajstić information content (AvgIpc) is 2.77. The molecule has 0 bridgehead atoms. The number of aromatic hydroxyl groups is 1. The number of halogens is 2. The van der Waals surface area contributed by atoms with E-state index >= 15 is 0 Å². The van der Waals surface area contributed by atoms with Crippen molar-refractivity contribution in [1.82, 2.24) is 4.90 Å². The Morgan fingerprint density at radius 1 is 1.27 bits per heavy atom. The number of anilines is 1. The topological polar surface area (TPSA) is 91.2 Å². The van der Waals surface area contributed by atoms with Gasteiger partial charge in [0, 0.05) is 24.7 Å². The number of benzene rings is 2. The number of hydrogen-bond donors (Lipinski definition) is 2.